The Kier molecular flexibility index (Phi) is 5.77. The van der Waals surface area contributed by atoms with Crippen LogP contribution in [0.4, 0.5) is 0 Å². The van der Waals surface area contributed by atoms with Crippen LogP contribution in [-0.2, 0) is 9.53 Å². The molecule has 1 rings (SSSR count). The van der Waals surface area contributed by atoms with E-state index in [4.69, 9.17) is 9.84 Å². The number of unbranched alkanes of at least 4 members (excludes halogenated alkanes) is 1. The Bertz CT molecular complexity index is 220. The van der Waals surface area contributed by atoms with Crippen molar-refractivity contribution in [2.75, 3.05) is 26.7 Å². The second-order valence-electron chi connectivity index (χ2n) is 4.69. The van der Waals surface area contributed by atoms with Crippen LogP contribution in [0.25, 0.3) is 0 Å². The summed E-state index contributed by atoms with van der Waals surface area (Å²) in [5.74, 6) is -0.0534. The van der Waals surface area contributed by atoms with Crippen LogP contribution in [0.2, 0.25) is 0 Å². The highest BCUT2D eigenvalue weighted by atomic mass is 16.5. The Labute approximate surface area is 97.6 Å². The van der Waals surface area contributed by atoms with E-state index in [-0.39, 0.29) is 6.42 Å². The van der Waals surface area contributed by atoms with Gasteiger partial charge in [0.1, 0.15) is 0 Å². The molecule has 1 N–H and O–H groups in total. The van der Waals surface area contributed by atoms with Gasteiger partial charge in [0.15, 0.2) is 0 Å². The standard InChI is InChI=1S/C12H23NO3/c1-10-6-8-13(9-11(10)16-2)7-4-3-5-12(14)15/h10-11H,3-9H2,1-2H3,(H,14,15). The molecular formula is C12H23NO3. The molecule has 2 atom stereocenters. The van der Waals surface area contributed by atoms with E-state index < -0.39 is 5.97 Å². The van der Waals surface area contributed by atoms with Crippen LogP contribution in [-0.4, -0.2) is 48.8 Å². The molecular weight excluding hydrogens is 206 g/mol. The van der Waals surface area contributed by atoms with Gasteiger partial charge in [-0.15, -0.1) is 0 Å². The minimum absolute atomic E-state index is 0.290. The predicted octanol–water partition coefficient (Wildman–Crippen LogP) is 1.60. The number of hydrogen-bond acceptors (Lipinski definition) is 3. The molecule has 94 valence electrons. The van der Waals surface area contributed by atoms with Gasteiger partial charge in [-0.2, -0.15) is 0 Å². The summed E-state index contributed by atoms with van der Waals surface area (Å²) in [7, 11) is 1.77. The Hall–Kier alpha value is -0.610. The number of carbonyl (C=O) groups is 1. The largest absolute Gasteiger partial charge is 0.481 e. The highest BCUT2D eigenvalue weighted by Gasteiger charge is 2.25. The second kappa shape index (κ2) is 6.86. The lowest BCUT2D eigenvalue weighted by Gasteiger charge is -2.36. The number of hydrogen-bond donors (Lipinski definition) is 1. The number of piperidine rings is 1. The zero-order valence-corrected chi connectivity index (χ0v) is 10.3. The number of ether oxygens (including phenoxy) is 1. The van der Waals surface area contributed by atoms with Crippen LogP contribution < -0.4 is 0 Å². The summed E-state index contributed by atoms with van der Waals surface area (Å²) in [6, 6.07) is 0. The van der Waals surface area contributed by atoms with Crippen molar-refractivity contribution in [1.29, 1.82) is 0 Å². The van der Waals surface area contributed by atoms with Gasteiger partial charge in [-0.3, -0.25) is 4.79 Å². The molecule has 0 aromatic rings. The van der Waals surface area contributed by atoms with Crippen LogP contribution in [0.5, 0.6) is 0 Å². The highest BCUT2D eigenvalue weighted by Crippen LogP contribution is 2.19. The van der Waals surface area contributed by atoms with Crippen molar-refractivity contribution in [2.45, 2.75) is 38.7 Å². The van der Waals surface area contributed by atoms with Crippen molar-refractivity contribution in [3.05, 3.63) is 0 Å². The summed E-state index contributed by atoms with van der Waals surface area (Å²) in [6.07, 6.45) is 3.55. The summed E-state index contributed by atoms with van der Waals surface area (Å²) in [5.41, 5.74) is 0. The normalized spacial score (nSPS) is 26.9. The molecule has 2 unspecified atom stereocenters. The number of methoxy groups -OCH3 is 1. The summed E-state index contributed by atoms with van der Waals surface area (Å²) in [5, 5.41) is 8.53. The molecule has 0 aromatic heterocycles. The fourth-order valence-corrected chi connectivity index (χ4v) is 2.22. The lowest BCUT2D eigenvalue weighted by molar-refractivity contribution is -0.137. The van der Waals surface area contributed by atoms with Crippen LogP contribution in [0, 0.1) is 5.92 Å². The van der Waals surface area contributed by atoms with Crippen molar-refractivity contribution in [3.8, 4) is 0 Å². The Morgan fingerprint density at radius 1 is 1.50 bits per heavy atom. The molecule has 1 fully saturated rings. The molecule has 1 heterocycles. The van der Waals surface area contributed by atoms with E-state index in [0.717, 1.165) is 32.5 Å². The zero-order valence-electron chi connectivity index (χ0n) is 10.3. The smallest absolute Gasteiger partial charge is 0.303 e. The number of carboxylic acids is 1. The van der Waals surface area contributed by atoms with Crippen LogP contribution in [0.1, 0.15) is 32.6 Å². The van der Waals surface area contributed by atoms with Crippen molar-refractivity contribution in [3.63, 3.8) is 0 Å². The summed E-state index contributed by atoms with van der Waals surface area (Å²) in [4.78, 5) is 12.7. The van der Waals surface area contributed by atoms with Crippen LogP contribution in [0.15, 0.2) is 0 Å². The topological polar surface area (TPSA) is 49.8 Å². The van der Waals surface area contributed by atoms with Gasteiger partial charge in [0, 0.05) is 20.1 Å². The molecule has 0 aromatic carbocycles. The first kappa shape index (κ1) is 13.5. The van der Waals surface area contributed by atoms with E-state index in [1.165, 1.54) is 6.42 Å². The SMILES string of the molecule is COC1CN(CCCCC(=O)O)CCC1C. The molecule has 1 aliphatic heterocycles. The van der Waals surface area contributed by atoms with E-state index in [9.17, 15) is 4.79 Å². The van der Waals surface area contributed by atoms with Crippen molar-refractivity contribution >= 4 is 5.97 Å². The lowest BCUT2D eigenvalue weighted by Crippen LogP contribution is -2.44. The fraction of sp³-hybridized carbons (Fsp3) is 0.917. The molecule has 16 heavy (non-hydrogen) atoms. The van der Waals surface area contributed by atoms with Crippen molar-refractivity contribution in [1.82, 2.24) is 4.90 Å². The van der Waals surface area contributed by atoms with Crippen LogP contribution in [0.3, 0.4) is 0 Å². The Morgan fingerprint density at radius 2 is 2.25 bits per heavy atom. The monoisotopic (exact) mass is 229 g/mol. The maximum atomic E-state index is 10.4. The molecule has 4 nitrogen and oxygen atoms in total. The van der Waals surface area contributed by atoms with Gasteiger partial charge in [0.05, 0.1) is 6.10 Å². The number of rotatable bonds is 6. The average molecular weight is 229 g/mol. The second-order valence-corrected chi connectivity index (χ2v) is 4.69. The minimum atomic E-state index is -0.693. The maximum Gasteiger partial charge on any atom is 0.303 e. The molecule has 0 radical (unpaired) electrons. The minimum Gasteiger partial charge on any atom is -0.481 e. The van der Waals surface area contributed by atoms with Gasteiger partial charge in [0.25, 0.3) is 0 Å². The molecule has 0 bridgehead atoms. The third kappa shape index (κ3) is 4.49. The number of nitrogens with zero attached hydrogens (tertiary/aromatic N) is 1. The third-order valence-electron chi connectivity index (χ3n) is 3.39. The highest BCUT2D eigenvalue weighted by molar-refractivity contribution is 5.66. The van der Waals surface area contributed by atoms with Gasteiger partial charge in [-0.1, -0.05) is 6.92 Å². The first-order valence-corrected chi connectivity index (χ1v) is 6.10. The number of carboxylic acid groups (broad SMARTS) is 1. The molecule has 1 saturated heterocycles. The summed E-state index contributed by atoms with van der Waals surface area (Å²) in [6.45, 7) is 5.34. The summed E-state index contributed by atoms with van der Waals surface area (Å²) >= 11 is 0. The Balaban J connectivity index is 2.15. The molecule has 0 aliphatic carbocycles. The first-order valence-electron chi connectivity index (χ1n) is 6.10. The zero-order chi connectivity index (χ0) is 12.0. The fourth-order valence-electron chi connectivity index (χ4n) is 2.22. The molecule has 0 spiro atoms. The van der Waals surface area contributed by atoms with E-state index >= 15 is 0 Å². The van der Waals surface area contributed by atoms with Gasteiger partial charge in [-0.25, -0.2) is 0 Å². The van der Waals surface area contributed by atoms with Gasteiger partial charge in [0.2, 0.25) is 0 Å². The third-order valence-corrected chi connectivity index (χ3v) is 3.39. The van der Waals surface area contributed by atoms with E-state index in [1.54, 1.807) is 7.11 Å². The maximum absolute atomic E-state index is 10.4. The quantitative estimate of drug-likeness (QED) is 0.703. The lowest BCUT2D eigenvalue weighted by atomic mass is 9.95. The van der Waals surface area contributed by atoms with Crippen LogP contribution >= 0.6 is 0 Å². The van der Waals surface area contributed by atoms with Gasteiger partial charge >= 0.3 is 5.97 Å². The number of aliphatic carboxylic acids is 1. The van der Waals surface area contributed by atoms with E-state index in [2.05, 4.69) is 11.8 Å². The van der Waals surface area contributed by atoms with Crippen molar-refractivity contribution in [2.24, 2.45) is 5.92 Å². The molecule has 1 aliphatic rings. The number of likely N-dealkylation sites (tertiary alicyclic amines) is 1. The van der Waals surface area contributed by atoms with Crippen molar-refractivity contribution < 1.29 is 14.6 Å². The molecule has 0 saturated carbocycles. The van der Waals surface area contributed by atoms with E-state index in [0.29, 0.717) is 12.0 Å². The van der Waals surface area contributed by atoms with E-state index in [1.807, 2.05) is 0 Å². The van der Waals surface area contributed by atoms with Gasteiger partial charge in [-0.05, 0) is 38.3 Å². The molecule has 4 heteroatoms. The Morgan fingerprint density at radius 3 is 2.88 bits per heavy atom. The van der Waals surface area contributed by atoms with Gasteiger partial charge < -0.3 is 14.7 Å². The predicted molar refractivity (Wildman–Crippen MR) is 62.5 cm³/mol. The first-order chi connectivity index (χ1) is 7.63. The average Bonchev–Trinajstić information content (AvgIpc) is 2.26. The molecule has 0 amide bonds. The summed E-state index contributed by atoms with van der Waals surface area (Å²) < 4.78 is 5.44.